The highest BCUT2D eigenvalue weighted by Gasteiger charge is 2.44. The monoisotopic (exact) mass is 234 g/mol. The Morgan fingerprint density at radius 1 is 1.47 bits per heavy atom. The number of hydrogen-bond acceptors (Lipinski definition) is 3. The number of Topliss-reactive ketones (excluding diaryl/α,β-unsaturated/α-hetero) is 1. The van der Waals surface area contributed by atoms with Gasteiger partial charge < -0.3 is 9.15 Å². The molecule has 3 heteroatoms. The molecule has 1 unspecified atom stereocenters. The highest BCUT2D eigenvalue weighted by Crippen LogP contribution is 2.45. The molecule has 1 aliphatic carbocycles. The quantitative estimate of drug-likeness (QED) is 0.738. The lowest BCUT2D eigenvalue weighted by Gasteiger charge is -2.46. The van der Waals surface area contributed by atoms with Gasteiger partial charge in [0, 0.05) is 12.5 Å². The molecule has 92 valence electrons. The third-order valence-electron chi connectivity index (χ3n) is 4.25. The van der Waals surface area contributed by atoms with Gasteiger partial charge in [0.25, 0.3) is 0 Å². The first-order valence-corrected chi connectivity index (χ1v) is 6.42. The largest absolute Gasteiger partial charge is 0.469 e. The average Bonchev–Trinajstić information content (AvgIpc) is 2.73. The third-order valence-corrected chi connectivity index (χ3v) is 4.25. The van der Waals surface area contributed by atoms with E-state index >= 15 is 0 Å². The van der Waals surface area contributed by atoms with Crippen molar-refractivity contribution in [2.45, 2.75) is 44.6 Å². The molecule has 1 aromatic rings. The van der Waals surface area contributed by atoms with Crippen LogP contribution in [0.15, 0.2) is 16.7 Å². The number of ketones is 1. The minimum Gasteiger partial charge on any atom is -0.469 e. The lowest BCUT2D eigenvalue weighted by Crippen LogP contribution is -2.47. The molecule has 1 atom stereocenters. The van der Waals surface area contributed by atoms with Crippen LogP contribution in [0.2, 0.25) is 0 Å². The Balaban J connectivity index is 1.76. The van der Waals surface area contributed by atoms with Crippen molar-refractivity contribution in [2.24, 2.45) is 5.92 Å². The van der Waals surface area contributed by atoms with E-state index in [9.17, 15) is 4.79 Å². The smallest absolute Gasteiger partial charge is 0.169 e. The maximum Gasteiger partial charge on any atom is 0.169 e. The van der Waals surface area contributed by atoms with E-state index in [1.165, 1.54) is 6.42 Å². The van der Waals surface area contributed by atoms with Crippen molar-refractivity contribution in [2.75, 3.05) is 6.61 Å². The van der Waals surface area contributed by atoms with E-state index in [4.69, 9.17) is 9.15 Å². The highest BCUT2D eigenvalue weighted by molar-refractivity contribution is 5.98. The topological polar surface area (TPSA) is 39.4 Å². The molecule has 0 N–H and O–H groups in total. The lowest BCUT2D eigenvalue weighted by atomic mass is 9.70. The minimum atomic E-state index is 0.0379. The van der Waals surface area contributed by atoms with Crippen LogP contribution in [0.3, 0.4) is 0 Å². The number of aryl methyl sites for hydroxylation is 1. The number of ether oxygens (including phenoxy) is 1. The van der Waals surface area contributed by atoms with Gasteiger partial charge in [-0.15, -0.1) is 0 Å². The Morgan fingerprint density at radius 2 is 2.29 bits per heavy atom. The fourth-order valence-electron chi connectivity index (χ4n) is 3.03. The van der Waals surface area contributed by atoms with Crippen LogP contribution in [0.5, 0.6) is 0 Å². The SMILES string of the molecule is Cc1occc1C(=O)C1CCOC2(CCC2)C1. The zero-order valence-corrected chi connectivity index (χ0v) is 10.2. The van der Waals surface area contributed by atoms with Gasteiger partial charge >= 0.3 is 0 Å². The molecule has 1 saturated heterocycles. The second-order valence-electron chi connectivity index (χ2n) is 5.33. The second kappa shape index (κ2) is 3.98. The Morgan fingerprint density at radius 3 is 2.88 bits per heavy atom. The Bertz CT molecular complexity index is 428. The molecule has 1 saturated carbocycles. The molecule has 0 radical (unpaired) electrons. The van der Waals surface area contributed by atoms with Gasteiger partial charge in [0.15, 0.2) is 5.78 Å². The summed E-state index contributed by atoms with van der Waals surface area (Å²) in [6.45, 7) is 2.58. The molecule has 0 amide bonds. The number of rotatable bonds is 2. The minimum absolute atomic E-state index is 0.0379. The van der Waals surface area contributed by atoms with E-state index in [2.05, 4.69) is 0 Å². The van der Waals surface area contributed by atoms with Gasteiger partial charge in [0.2, 0.25) is 0 Å². The first-order chi connectivity index (χ1) is 8.20. The summed E-state index contributed by atoms with van der Waals surface area (Å²) in [6.07, 6.45) is 6.84. The first-order valence-electron chi connectivity index (χ1n) is 6.42. The van der Waals surface area contributed by atoms with E-state index in [0.29, 0.717) is 0 Å². The van der Waals surface area contributed by atoms with Crippen LogP contribution in [-0.4, -0.2) is 18.0 Å². The van der Waals surface area contributed by atoms with Crippen molar-refractivity contribution in [3.63, 3.8) is 0 Å². The second-order valence-corrected chi connectivity index (χ2v) is 5.33. The maximum atomic E-state index is 12.4. The maximum absolute atomic E-state index is 12.4. The summed E-state index contributed by atoms with van der Waals surface area (Å²) in [5.74, 6) is 1.11. The molecule has 1 aromatic heterocycles. The molecule has 1 aliphatic heterocycles. The Kier molecular flexibility index (Phi) is 2.58. The molecular formula is C14H18O3. The Hall–Kier alpha value is -1.09. The van der Waals surface area contributed by atoms with Gasteiger partial charge in [-0.25, -0.2) is 0 Å². The van der Waals surface area contributed by atoms with Gasteiger partial charge in [0.05, 0.1) is 17.4 Å². The van der Waals surface area contributed by atoms with Crippen LogP contribution in [0.1, 0.15) is 48.2 Å². The summed E-state index contributed by atoms with van der Waals surface area (Å²) in [7, 11) is 0. The van der Waals surface area contributed by atoms with Crippen molar-refractivity contribution < 1.29 is 13.9 Å². The van der Waals surface area contributed by atoms with Crippen LogP contribution in [0.4, 0.5) is 0 Å². The first kappa shape index (κ1) is 11.0. The average molecular weight is 234 g/mol. The summed E-state index contributed by atoms with van der Waals surface area (Å²) in [6, 6.07) is 1.79. The standard InChI is InChI=1S/C14H18O3/c1-10-12(4-7-16-10)13(15)11-3-8-17-14(9-11)5-2-6-14/h4,7,11H,2-3,5-6,8-9H2,1H3. The molecule has 0 aromatic carbocycles. The summed E-state index contributed by atoms with van der Waals surface area (Å²) in [5, 5.41) is 0. The summed E-state index contributed by atoms with van der Waals surface area (Å²) in [4.78, 5) is 12.4. The summed E-state index contributed by atoms with van der Waals surface area (Å²) < 4.78 is 11.1. The highest BCUT2D eigenvalue weighted by atomic mass is 16.5. The molecule has 2 heterocycles. The van der Waals surface area contributed by atoms with E-state index < -0.39 is 0 Å². The molecule has 0 bridgehead atoms. The van der Waals surface area contributed by atoms with Crippen LogP contribution in [0.25, 0.3) is 0 Å². The van der Waals surface area contributed by atoms with E-state index in [1.54, 1.807) is 12.3 Å². The predicted molar refractivity (Wildman–Crippen MR) is 63.0 cm³/mol. The van der Waals surface area contributed by atoms with Gasteiger partial charge in [0.1, 0.15) is 5.76 Å². The van der Waals surface area contributed by atoms with Crippen LogP contribution in [-0.2, 0) is 4.74 Å². The van der Waals surface area contributed by atoms with Gasteiger partial charge in [-0.3, -0.25) is 4.79 Å². The van der Waals surface area contributed by atoms with Crippen molar-refractivity contribution in [1.29, 1.82) is 0 Å². The number of carbonyl (C=O) groups excluding carboxylic acids is 1. The molecular weight excluding hydrogens is 216 g/mol. The number of furan rings is 1. The zero-order chi connectivity index (χ0) is 11.9. The number of carbonyl (C=O) groups is 1. The number of hydrogen-bond donors (Lipinski definition) is 0. The van der Waals surface area contributed by atoms with Crippen LogP contribution in [0, 0.1) is 12.8 Å². The fraction of sp³-hybridized carbons (Fsp3) is 0.643. The van der Waals surface area contributed by atoms with E-state index in [1.807, 2.05) is 6.92 Å². The molecule has 3 nitrogen and oxygen atoms in total. The van der Waals surface area contributed by atoms with Crippen molar-refractivity contribution in [3.8, 4) is 0 Å². The van der Waals surface area contributed by atoms with Crippen molar-refractivity contribution >= 4 is 5.78 Å². The lowest BCUT2D eigenvalue weighted by molar-refractivity contribution is -0.137. The summed E-state index contributed by atoms with van der Waals surface area (Å²) in [5.41, 5.74) is 0.794. The fourth-order valence-corrected chi connectivity index (χ4v) is 3.03. The molecule has 1 spiro atoms. The third kappa shape index (κ3) is 1.82. The normalized spacial score (nSPS) is 26.8. The summed E-state index contributed by atoms with van der Waals surface area (Å²) >= 11 is 0. The van der Waals surface area contributed by atoms with E-state index in [0.717, 1.165) is 43.6 Å². The predicted octanol–water partition coefficient (Wildman–Crippen LogP) is 3.12. The van der Waals surface area contributed by atoms with Gasteiger partial charge in [-0.2, -0.15) is 0 Å². The Labute approximate surface area is 101 Å². The van der Waals surface area contributed by atoms with E-state index in [-0.39, 0.29) is 17.3 Å². The molecule has 2 aliphatic rings. The molecule has 2 fully saturated rings. The van der Waals surface area contributed by atoms with Crippen molar-refractivity contribution in [1.82, 2.24) is 0 Å². The van der Waals surface area contributed by atoms with Gasteiger partial charge in [-0.1, -0.05) is 0 Å². The van der Waals surface area contributed by atoms with Crippen LogP contribution >= 0.6 is 0 Å². The molecule has 3 rings (SSSR count). The van der Waals surface area contributed by atoms with Crippen molar-refractivity contribution in [3.05, 3.63) is 23.7 Å². The van der Waals surface area contributed by atoms with Gasteiger partial charge in [-0.05, 0) is 45.1 Å². The zero-order valence-electron chi connectivity index (χ0n) is 10.2. The van der Waals surface area contributed by atoms with Crippen LogP contribution < -0.4 is 0 Å². The molecule has 17 heavy (non-hydrogen) atoms.